The summed E-state index contributed by atoms with van der Waals surface area (Å²) in [5.41, 5.74) is 5.09. The summed E-state index contributed by atoms with van der Waals surface area (Å²) in [4.78, 5) is 16.6. The Bertz CT molecular complexity index is 849. The zero-order valence-corrected chi connectivity index (χ0v) is 16.0. The Morgan fingerprint density at radius 2 is 2.00 bits per heavy atom. The average Bonchev–Trinajstić information content (AvgIpc) is 3.17. The Morgan fingerprint density at radius 1 is 1.24 bits per heavy atom. The van der Waals surface area contributed by atoms with Gasteiger partial charge in [-0.1, -0.05) is 35.0 Å². The first-order valence-corrected chi connectivity index (χ1v) is 9.88. The molecule has 0 radical (unpaired) electrons. The summed E-state index contributed by atoms with van der Waals surface area (Å²) in [6.45, 7) is 5.85. The first kappa shape index (κ1) is 17.7. The van der Waals surface area contributed by atoms with Gasteiger partial charge >= 0.3 is 0 Å². The molecule has 25 heavy (non-hydrogen) atoms. The third kappa shape index (κ3) is 4.49. The lowest BCUT2D eigenvalue weighted by molar-refractivity contribution is -0.113. The highest BCUT2D eigenvalue weighted by molar-refractivity contribution is 7.99. The smallest absolute Gasteiger partial charge is 0.236 e. The molecule has 1 amide bonds. The van der Waals surface area contributed by atoms with E-state index in [1.54, 1.807) is 0 Å². The maximum Gasteiger partial charge on any atom is 0.236 e. The number of nitrogens with one attached hydrogen (secondary N) is 1. The Hall–Kier alpha value is -2.12. The summed E-state index contributed by atoms with van der Waals surface area (Å²) in [6, 6.07) is 8.18. The number of hydrogen-bond acceptors (Lipinski definition) is 6. The molecule has 2 heterocycles. The molecule has 1 aromatic carbocycles. The number of carbonyl (C=O) groups is 1. The van der Waals surface area contributed by atoms with E-state index < -0.39 is 0 Å². The zero-order valence-electron chi connectivity index (χ0n) is 14.3. The third-order valence-corrected chi connectivity index (χ3v) is 5.48. The van der Waals surface area contributed by atoms with Crippen molar-refractivity contribution in [1.29, 1.82) is 0 Å². The van der Waals surface area contributed by atoms with Crippen LogP contribution in [0.2, 0.25) is 0 Å². The van der Waals surface area contributed by atoms with Crippen LogP contribution in [0.3, 0.4) is 0 Å². The van der Waals surface area contributed by atoms with Crippen molar-refractivity contribution in [2.75, 3.05) is 11.1 Å². The largest absolute Gasteiger partial charge is 0.361 e. The van der Waals surface area contributed by atoms with E-state index in [1.807, 2.05) is 31.4 Å². The number of benzene rings is 1. The van der Waals surface area contributed by atoms with Gasteiger partial charge < -0.3 is 9.84 Å². The van der Waals surface area contributed by atoms with Gasteiger partial charge in [-0.15, -0.1) is 23.1 Å². The molecule has 2 aromatic heterocycles. The first-order valence-electron chi connectivity index (χ1n) is 7.85. The topological polar surface area (TPSA) is 68.0 Å². The van der Waals surface area contributed by atoms with E-state index in [2.05, 4.69) is 34.5 Å². The van der Waals surface area contributed by atoms with Gasteiger partial charge in [0.15, 0.2) is 5.13 Å². The maximum absolute atomic E-state index is 12.1. The normalized spacial score (nSPS) is 10.8. The van der Waals surface area contributed by atoms with Crippen molar-refractivity contribution in [1.82, 2.24) is 10.1 Å². The van der Waals surface area contributed by atoms with Crippen molar-refractivity contribution in [3.63, 3.8) is 0 Å². The van der Waals surface area contributed by atoms with Crippen LogP contribution in [0.25, 0.3) is 11.3 Å². The van der Waals surface area contributed by atoms with Crippen molar-refractivity contribution in [3.05, 3.63) is 52.2 Å². The number of carbonyl (C=O) groups excluding carboxylic acids is 1. The minimum absolute atomic E-state index is 0.0541. The second kappa shape index (κ2) is 7.84. The van der Waals surface area contributed by atoms with Gasteiger partial charge in [0.1, 0.15) is 5.76 Å². The predicted molar refractivity (Wildman–Crippen MR) is 103 cm³/mol. The quantitative estimate of drug-likeness (QED) is 0.684. The number of aryl methyl sites for hydroxylation is 3. The summed E-state index contributed by atoms with van der Waals surface area (Å²) >= 11 is 2.97. The molecule has 5 nitrogen and oxygen atoms in total. The SMILES string of the molecule is Cc1ccc(-c2csc(NC(=O)CSCc3c(C)noc3C)n2)cc1. The molecule has 0 saturated carbocycles. The van der Waals surface area contributed by atoms with E-state index in [9.17, 15) is 4.79 Å². The van der Waals surface area contributed by atoms with E-state index in [1.165, 1.54) is 28.7 Å². The van der Waals surface area contributed by atoms with Crippen LogP contribution in [0, 0.1) is 20.8 Å². The molecule has 1 N–H and O–H groups in total. The summed E-state index contributed by atoms with van der Waals surface area (Å²) < 4.78 is 5.13. The number of thioether (sulfide) groups is 1. The summed E-state index contributed by atoms with van der Waals surface area (Å²) in [7, 11) is 0. The average molecular weight is 374 g/mol. The van der Waals surface area contributed by atoms with Gasteiger partial charge in [-0.05, 0) is 20.8 Å². The fourth-order valence-corrected chi connectivity index (χ4v) is 4.01. The van der Waals surface area contributed by atoms with Crippen molar-refractivity contribution in [2.24, 2.45) is 0 Å². The van der Waals surface area contributed by atoms with Gasteiger partial charge in [-0.3, -0.25) is 4.79 Å². The van der Waals surface area contributed by atoms with Gasteiger partial charge in [-0.2, -0.15) is 0 Å². The number of hydrogen-bond donors (Lipinski definition) is 1. The molecule has 7 heteroatoms. The van der Waals surface area contributed by atoms with Gasteiger partial charge in [0, 0.05) is 22.3 Å². The second-order valence-electron chi connectivity index (χ2n) is 5.75. The van der Waals surface area contributed by atoms with Gasteiger partial charge in [0.2, 0.25) is 5.91 Å². The predicted octanol–water partition coefficient (Wildman–Crippen LogP) is 4.60. The Balaban J connectivity index is 1.52. The first-order chi connectivity index (χ1) is 12.0. The fraction of sp³-hybridized carbons (Fsp3) is 0.278. The van der Waals surface area contributed by atoms with E-state index in [-0.39, 0.29) is 5.91 Å². The lowest BCUT2D eigenvalue weighted by Gasteiger charge is -2.02. The van der Waals surface area contributed by atoms with Crippen LogP contribution in [0.4, 0.5) is 5.13 Å². The van der Waals surface area contributed by atoms with Crippen molar-refractivity contribution < 1.29 is 9.32 Å². The second-order valence-corrected chi connectivity index (χ2v) is 7.59. The van der Waals surface area contributed by atoms with E-state index in [0.29, 0.717) is 16.6 Å². The number of aromatic nitrogens is 2. The minimum atomic E-state index is -0.0541. The van der Waals surface area contributed by atoms with E-state index in [4.69, 9.17) is 4.52 Å². The van der Waals surface area contributed by atoms with Crippen LogP contribution in [-0.2, 0) is 10.5 Å². The number of amides is 1. The molecule has 130 valence electrons. The summed E-state index contributed by atoms with van der Waals surface area (Å²) in [6.07, 6.45) is 0. The molecule has 0 spiro atoms. The molecule has 0 atom stereocenters. The van der Waals surface area contributed by atoms with Crippen molar-refractivity contribution >= 4 is 34.1 Å². The van der Waals surface area contributed by atoms with Crippen LogP contribution in [0.1, 0.15) is 22.6 Å². The Labute approximate surface area is 154 Å². The zero-order chi connectivity index (χ0) is 17.8. The number of nitrogens with zero attached hydrogens (tertiary/aromatic N) is 2. The van der Waals surface area contributed by atoms with Gasteiger partial charge in [0.25, 0.3) is 0 Å². The minimum Gasteiger partial charge on any atom is -0.361 e. The van der Waals surface area contributed by atoms with Crippen molar-refractivity contribution in [3.8, 4) is 11.3 Å². The van der Waals surface area contributed by atoms with Crippen LogP contribution in [-0.4, -0.2) is 21.8 Å². The van der Waals surface area contributed by atoms with Crippen molar-refractivity contribution in [2.45, 2.75) is 26.5 Å². The lowest BCUT2D eigenvalue weighted by atomic mass is 10.1. The molecular weight excluding hydrogens is 354 g/mol. The highest BCUT2D eigenvalue weighted by Gasteiger charge is 2.11. The fourth-order valence-electron chi connectivity index (χ4n) is 2.30. The molecular formula is C18H19N3O2S2. The monoisotopic (exact) mass is 373 g/mol. The highest BCUT2D eigenvalue weighted by Crippen LogP contribution is 2.25. The molecule has 0 bridgehead atoms. The molecule has 3 rings (SSSR count). The van der Waals surface area contributed by atoms with Gasteiger partial charge in [-0.25, -0.2) is 4.98 Å². The van der Waals surface area contributed by atoms with Crippen LogP contribution in [0.15, 0.2) is 34.2 Å². The van der Waals surface area contributed by atoms with E-state index in [0.717, 1.165) is 28.3 Å². The molecule has 0 saturated heterocycles. The van der Waals surface area contributed by atoms with Crippen LogP contribution >= 0.6 is 23.1 Å². The summed E-state index contributed by atoms with van der Waals surface area (Å²) in [5, 5.41) is 9.36. The molecule has 0 aliphatic heterocycles. The third-order valence-electron chi connectivity index (χ3n) is 3.76. The molecule has 0 fully saturated rings. The number of anilines is 1. The highest BCUT2D eigenvalue weighted by atomic mass is 32.2. The molecule has 3 aromatic rings. The molecule has 0 aliphatic carbocycles. The van der Waals surface area contributed by atoms with Crippen LogP contribution in [0.5, 0.6) is 0 Å². The Kier molecular flexibility index (Phi) is 5.55. The maximum atomic E-state index is 12.1. The van der Waals surface area contributed by atoms with E-state index >= 15 is 0 Å². The summed E-state index contributed by atoms with van der Waals surface area (Å²) in [5.74, 6) is 1.83. The standard InChI is InChI=1S/C18H19N3O2S2/c1-11-4-6-14(7-5-11)16-9-25-18(19-16)20-17(22)10-24-8-15-12(2)21-23-13(15)3/h4-7,9H,8,10H2,1-3H3,(H,19,20,22). The Morgan fingerprint density at radius 3 is 2.68 bits per heavy atom. The number of rotatable bonds is 6. The molecule has 0 aliphatic rings. The van der Waals surface area contributed by atoms with Gasteiger partial charge in [0.05, 0.1) is 17.1 Å². The molecule has 0 unspecified atom stereocenters. The lowest BCUT2D eigenvalue weighted by Crippen LogP contribution is -2.14. The number of thiazole rings is 1. The van der Waals surface area contributed by atoms with Crippen LogP contribution < -0.4 is 5.32 Å².